The monoisotopic (exact) mass is 414 g/mol. The Morgan fingerprint density at radius 3 is 2.60 bits per heavy atom. The molecule has 2 aromatic rings. The Morgan fingerprint density at radius 1 is 1.07 bits per heavy atom. The van der Waals surface area contributed by atoms with Crippen molar-refractivity contribution in [3.05, 3.63) is 53.1 Å². The average molecular weight is 414 g/mol. The van der Waals surface area contributed by atoms with Crippen LogP contribution in [0.2, 0.25) is 0 Å². The largest absolute Gasteiger partial charge is 0.504 e. The number of rotatable bonds is 3. The smallest absolute Gasteiger partial charge is 0.255 e. The summed E-state index contributed by atoms with van der Waals surface area (Å²) in [7, 11) is 0. The van der Waals surface area contributed by atoms with Crippen LogP contribution in [0.25, 0.3) is 0 Å². The average Bonchev–Trinajstić information content (AvgIpc) is 3.22. The number of carbonyl (C=O) groups excluding carboxylic acids is 1. The molecule has 1 saturated carbocycles. The van der Waals surface area contributed by atoms with Crippen molar-refractivity contribution in [2.45, 2.75) is 42.9 Å². The van der Waals surface area contributed by atoms with Gasteiger partial charge in [0, 0.05) is 18.5 Å². The van der Waals surface area contributed by atoms with E-state index in [1.807, 2.05) is 30.3 Å². The molecule has 6 N–H and O–H groups in total. The van der Waals surface area contributed by atoms with Gasteiger partial charge in [0.25, 0.3) is 5.91 Å². The lowest BCUT2D eigenvalue weighted by Crippen LogP contribution is -2.69. The van der Waals surface area contributed by atoms with Crippen LogP contribution in [0.5, 0.6) is 17.2 Å². The molecule has 30 heavy (non-hydrogen) atoms. The van der Waals surface area contributed by atoms with Crippen LogP contribution < -0.4 is 20.1 Å². The fraction of sp³-hybridized carbons (Fsp3) is 0.381. The van der Waals surface area contributed by atoms with Gasteiger partial charge < -0.3 is 40.5 Å². The molecule has 0 radical (unpaired) electrons. The Labute approximate surface area is 171 Å². The second-order valence-corrected chi connectivity index (χ2v) is 7.81. The number of aliphatic hydroxyl groups excluding tert-OH is 3. The van der Waals surface area contributed by atoms with Crippen molar-refractivity contribution < 1.29 is 34.7 Å². The Kier molecular flexibility index (Phi) is 4.55. The highest BCUT2D eigenvalue weighted by Crippen LogP contribution is 2.50. The number of phenols is 1. The van der Waals surface area contributed by atoms with E-state index in [4.69, 9.17) is 9.47 Å². The van der Waals surface area contributed by atoms with Gasteiger partial charge in [-0.2, -0.15) is 0 Å². The van der Waals surface area contributed by atoms with Crippen LogP contribution >= 0.6 is 0 Å². The van der Waals surface area contributed by atoms with Crippen molar-refractivity contribution in [2.75, 3.05) is 6.79 Å². The number of amides is 1. The molecule has 6 unspecified atom stereocenters. The minimum Gasteiger partial charge on any atom is -0.504 e. The summed E-state index contributed by atoms with van der Waals surface area (Å²) in [5.41, 5.74) is 1.40. The standard InChI is InChI=1S/C21H22N2O7/c24-16-13-10(6-11-20(16)30-8-29-11)12-14(22-7-9-4-2-1-3-5-9)17(25)19(27)18(26)15(12)23-21(13)28/h1-6,12,14-15,17-19,22,24-27H,7-8H2,(H,23,28). The molecule has 5 rings (SSSR count). The highest BCUT2D eigenvalue weighted by atomic mass is 16.7. The summed E-state index contributed by atoms with van der Waals surface area (Å²) in [6.07, 6.45) is -4.14. The van der Waals surface area contributed by atoms with E-state index in [1.165, 1.54) is 0 Å². The maximum absolute atomic E-state index is 12.7. The van der Waals surface area contributed by atoms with Crippen molar-refractivity contribution in [1.29, 1.82) is 0 Å². The van der Waals surface area contributed by atoms with Crippen molar-refractivity contribution >= 4 is 5.91 Å². The quantitative estimate of drug-likeness (QED) is 0.398. The van der Waals surface area contributed by atoms with Crippen LogP contribution in [0.4, 0.5) is 0 Å². The molecular weight excluding hydrogens is 392 g/mol. The van der Waals surface area contributed by atoms with Gasteiger partial charge in [-0.25, -0.2) is 0 Å². The van der Waals surface area contributed by atoms with E-state index >= 15 is 0 Å². The highest BCUT2D eigenvalue weighted by molar-refractivity contribution is 6.01. The van der Waals surface area contributed by atoms with Gasteiger partial charge in [-0.1, -0.05) is 30.3 Å². The number of fused-ring (bicyclic) bond motifs is 4. The molecule has 2 aliphatic heterocycles. The lowest BCUT2D eigenvalue weighted by atomic mass is 9.68. The summed E-state index contributed by atoms with van der Waals surface area (Å²) in [4.78, 5) is 12.7. The van der Waals surface area contributed by atoms with Crippen LogP contribution in [0, 0.1) is 0 Å². The fourth-order valence-electron chi connectivity index (χ4n) is 4.69. The van der Waals surface area contributed by atoms with Gasteiger partial charge in [0.05, 0.1) is 17.7 Å². The third-order valence-corrected chi connectivity index (χ3v) is 6.15. The van der Waals surface area contributed by atoms with Crippen molar-refractivity contribution in [1.82, 2.24) is 10.6 Å². The Hall–Kier alpha value is -2.85. The molecule has 1 fully saturated rings. The maximum Gasteiger partial charge on any atom is 0.255 e. The number of hydrogen-bond acceptors (Lipinski definition) is 8. The number of carbonyl (C=O) groups is 1. The topological polar surface area (TPSA) is 141 Å². The van der Waals surface area contributed by atoms with Gasteiger partial charge in [0.2, 0.25) is 12.5 Å². The van der Waals surface area contributed by atoms with Gasteiger partial charge in [-0.05, 0) is 17.2 Å². The summed E-state index contributed by atoms with van der Waals surface area (Å²) < 4.78 is 10.7. The lowest BCUT2D eigenvalue weighted by Gasteiger charge is -2.49. The molecule has 1 aliphatic carbocycles. The first-order valence-corrected chi connectivity index (χ1v) is 9.75. The lowest BCUT2D eigenvalue weighted by molar-refractivity contribution is -0.119. The first-order chi connectivity index (χ1) is 14.5. The molecule has 2 heterocycles. The number of aromatic hydroxyl groups is 1. The molecule has 9 nitrogen and oxygen atoms in total. The second-order valence-electron chi connectivity index (χ2n) is 7.81. The van der Waals surface area contributed by atoms with Crippen molar-refractivity contribution in [3.8, 4) is 17.2 Å². The van der Waals surface area contributed by atoms with Crippen molar-refractivity contribution in [2.24, 2.45) is 0 Å². The van der Waals surface area contributed by atoms with E-state index in [0.29, 0.717) is 12.1 Å². The summed E-state index contributed by atoms with van der Waals surface area (Å²) in [5, 5.41) is 48.3. The van der Waals surface area contributed by atoms with Gasteiger partial charge >= 0.3 is 0 Å². The van der Waals surface area contributed by atoms with Crippen LogP contribution in [-0.2, 0) is 6.54 Å². The fourth-order valence-corrected chi connectivity index (χ4v) is 4.69. The zero-order valence-corrected chi connectivity index (χ0v) is 15.9. The summed E-state index contributed by atoms with van der Waals surface area (Å²) in [6, 6.07) is 9.55. The van der Waals surface area contributed by atoms with Crippen LogP contribution in [0.3, 0.4) is 0 Å². The molecule has 3 aliphatic rings. The van der Waals surface area contributed by atoms with Crippen LogP contribution in [-0.4, -0.2) is 63.5 Å². The molecule has 158 valence electrons. The maximum atomic E-state index is 12.7. The summed E-state index contributed by atoms with van der Waals surface area (Å²) in [5.74, 6) is -1.18. The Morgan fingerprint density at radius 2 is 1.83 bits per heavy atom. The summed E-state index contributed by atoms with van der Waals surface area (Å²) in [6.45, 7) is 0.315. The highest BCUT2D eigenvalue weighted by Gasteiger charge is 2.54. The minimum absolute atomic E-state index is 0.0165. The molecule has 9 heteroatoms. The number of benzene rings is 2. The SMILES string of the molecule is O=C1NC2C(O)C(O)C(O)C(NCc3ccccc3)C2c2cc3c(c(O)c21)OCO3. The minimum atomic E-state index is -1.45. The Balaban J connectivity index is 1.58. The van der Waals surface area contributed by atoms with Gasteiger partial charge in [0.1, 0.15) is 12.2 Å². The van der Waals surface area contributed by atoms with E-state index in [1.54, 1.807) is 6.07 Å². The van der Waals surface area contributed by atoms with Crippen LogP contribution in [0.1, 0.15) is 27.4 Å². The number of ether oxygens (including phenoxy) is 2. The first kappa shape index (κ1) is 19.1. The molecule has 6 atom stereocenters. The van der Waals surface area contributed by atoms with E-state index in [0.717, 1.165) is 5.56 Å². The van der Waals surface area contributed by atoms with Crippen molar-refractivity contribution in [3.63, 3.8) is 0 Å². The number of aliphatic hydroxyl groups is 3. The van der Waals surface area contributed by atoms with Gasteiger partial charge in [-0.3, -0.25) is 4.79 Å². The van der Waals surface area contributed by atoms with Gasteiger partial charge in [-0.15, -0.1) is 0 Å². The molecular formula is C21H22N2O7. The third-order valence-electron chi connectivity index (χ3n) is 6.15. The van der Waals surface area contributed by atoms with E-state index in [-0.39, 0.29) is 29.6 Å². The molecule has 0 saturated heterocycles. The van der Waals surface area contributed by atoms with E-state index in [2.05, 4.69) is 10.6 Å². The third kappa shape index (κ3) is 2.82. The molecule has 0 aromatic heterocycles. The van der Waals surface area contributed by atoms with Crippen LogP contribution in [0.15, 0.2) is 36.4 Å². The normalized spacial score (nSPS) is 31.6. The summed E-state index contributed by atoms with van der Waals surface area (Å²) >= 11 is 0. The van der Waals surface area contributed by atoms with E-state index < -0.39 is 42.2 Å². The molecule has 0 bridgehead atoms. The first-order valence-electron chi connectivity index (χ1n) is 9.75. The number of phenolic OH excluding ortho intramolecular Hbond substituents is 1. The predicted octanol–water partition coefficient (Wildman–Crippen LogP) is -0.429. The second kappa shape index (κ2) is 7.13. The number of nitrogens with one attached hydrogen (secondary N) is 2. The van der Waals surface area contributed by atoms with Gasteiger partial charge in [0.15, 0.2) is 11.5 Å². The number of hydrogen-bond donors (Lipinski definition) is 6. The Bertz CT molecular complexity index is 983. The predicted molar refractivity (Wildman–Crippen MR) is 103 cm³/mol. The zero-order valence-electron chi connectivity index (χ0n) is 15.9. The molecule has 1 amide bonds. The molecule has 2 aromatic carbocycles. The van der Waals surface area contributed by atoms with E-state index in [9.17, 15) is 25.2 Å². The zero-order chi connectivity index (χ0) is 21.0. The molecule has 0 spiro atoms.